The number of aromatic nitrogens is 4. The Morgan fingerprint density at radius 2 is 2.14 bits per heavy atom. The molecule has 2 aromatic heterocycles. The van der Waals surface area contributed by atoms with E-state index in [9.17, 15) is 0 Å². The minimum absolute atomic E-state index is 0.691. The van der Waals surface area contributed by atoms with Crippen LogP contribution in [0.2, 0.25) is 0 Å². The van der Waals surface area contributed by atoms with Gasteiger partial charge in [0.1, 0.15) is 14.2 Å². The van der Waals surface area contributed by atoms with E-state index in [1.165, 1.54) is 11.8 Å². The van der Waals surface area contributed by atoms with Crippen molar-refractivity contribution in [2.24, 2.45) is 0 Å². The normalized spacial score (nSPS) is 10.8. The van der Waals surface area contributed by atoms with Crippen LogP contribution in [0.25, 0.3) is 0 Å². The van der Waals surface area contributed by atoms with Crippen molar-refractivity contribution >= 4 is 55.0 Å². The van der Waals surface area contributed by atoms with Gasteiger partial charge in [-0.1, -0.05) is 11.3 Å². The van der Waals surface area contributed by atoms with E-state index in [0.717, 1.165) is 18.6 Å². The van der Waals surface area contributed by atoms with E-state index in [4.69, 9.17) is 0 Å². The van der Waals surface area contributed by atoms with Crippen LogP contribution in [-0.2, 0) is 0 Å². The average Bonchev–Trinajstić information content (AvgIpc) is 2.62. The van der Waals surface area contributed by atoms with Crippen LogP contribution in [0.4, 0.5) is 0 Å². The molecule has 0 aromatic carbocycles. The first-order chi connectivity index (χ1) is 6.65. The van der Waals surface area contributed by atoms with E-state index in [2.05, 4.69) is 52.0 Å². The first kappa shape index (κ1) is 10.6. The Kier molecular flexibility index (Phi) is 3.25. The second-order valence-electron chi connectivity index (χ2n) is 2.35. The molecule has 2 aromatic rings. The number of nitrogens with one attached hydrogen (secondary N) is 1. The maximum atomic E-state index is 4.27. The second kappa shape index (κ2) is 4.30. The van der Waals surface area contributed by atoms with Gasteiger partial charge in [-0.3, -0.25) is 5.10 Å². The number of rotatable bonds is 2. The van der Waals surface area contributed by atoms with Gasteiger partial charge in [0.25, 0.3) is 0 Å². The molecule has 0 saturated carbocycles. The molecule has 4 nitrogen and oxygen atoms in total. The predicted octanol–water partition coefficient (Wildman–Crippen LogP) is 3.25. The fourth-order valence-electron chi connectivity index (χ4n) is 0.755. The molecule has 1 N–H and O–H groups in total. The van der Waals surface area contributed by atoms with Crippen molar-refractivity contribution in [2.75, 3.05) is 0 Å². The minimum atomic E-state index is 0.691. The van der Waals surface area contributed by atoms with E-state index in [1.807, 2.05) is 6.92 Å². The zero-order chi connectivity index (χ0) is 10.1. The Bertz CT molecular complexity index is 433. The molecule has 2 rings (SSSR count). The van der Waals surface area contributed by atoms with Crippen LogP contribution in [0.15, 0.2) is 17.9 Å². The Morgan fingerprint density at radius 1 is 1.36 bits per heavy atom. The molecule has 0 aliphatic heterocycles. The summed E-state index contributed by atoms with van der Waals surface area (Å²) >= 11 is 9.69. The summed E-state index contributed by atoms with van der Waals surface area (Å²) in [5, 5.41) is 7.49. The van der Waals surface area contributed by atoms with Gasteiger partial charge in [-0.2, -0.15) is 0 Å². The third-order valence-electron chi connectivity index (χ3n) is 1.28. The summed E-state index contributed by atoms with van der Waals surface area (Å²) < 4.78 is 2.70. The van der Waals surface area contributed by atoms with Crippen molar-refractivity contribution in [3.63, 3.8) is 0 Å². The first-order valence-corrected chi connectivity index (χ1v) is 6.76. The minimum Gasteiger partial charge on any atom is -0.262 e. The zero-order valence-electron chi connectivity index (χ0n) is 6.91. The highest BCUT2D eigenvalue weighted by Gasteiger charge is 2.10. The number of thiazole rings is 1. The molecule has 0 atom stereocenters. The molecular weight excluding hydrogens is 352 g/mol. The summed E-state index contributed by atoms with van der Waals surface area (Å²) in [6.07, 6.45) is 0. The molecule has 0 spiro atoms. The van der Waals surface area contributed by atoms with Gasteiger partial charge in [0.2, 0.25) is 5.16 Å². The van der Waals surface area contributed by atoms with Crippen molar-refractivity contribution in [3.8, 4) is 0 Å². The van der Waals surface area contributed by atoms with E-state index >= 15 is 0 Å². The lowest BCUT2D eigenvalue weighted by Crippen LogP contribution is -1.74. The lowest BCUT2D eigenvalue weighted by atomic mass is 10.8. The predicted molar refractivity (Wildman–Crippen MR) is 62.8 cm³/mol. The zero-order valence-corrected chi connectivity index (χ0v) is 11.7. The van der Waals surface area contributed by atoms with Crippen LogP contribution in [0.5, 0.6) is 0 Å². The summed E-state index contributed by atoms with van der Waals surface area (Å²) in [4.78, 5) is 8.45. The molecule has 0 aliphatic carbocycles. The van der Waals surface area contributed by atoms with Gasteiger partial charge >= 0.3 is 0 Å². The van der Waals surface area contributed by atoms with Crippen molar-refractivity contribution in [1.82, 2.24) is 20.2 Å². The van der Waals surface area contributed by atoms with Crippen LogP contribution in [0, 0.1) is 6.92 Å². The number of hydrogen-bond acceptors (Lipinski definition) is 5. The standard InChI is InChI=1S/C6H4Br2N4S2/c1-2-9-5(12-11-2)14-6-10-3(7)4(8)13-6/h1H3,(H,9,11,12). The van der Waals surface area contributed by atoms with Crippen LogP contribution in [0.1, 0.15) is 5.82 Å². The third kappa shape index (κ3) is 2.36. The van der Waals surface area contributed by atoms with Crippen molar-refractivity contribution < 1.29 is 0 Å². The van der Waals surface area contributed by atoms with Gasteiger partial charge in [0.05, 0.1) is 0 Å². The van der Waals surface area contributed by atoms with Crippen molar-refractivity contribution in [1.29, 1.82) is 0 Å². The SMILES string of the molecule is Cc1nc(Sc2nc(Br)c(Br)s2)n[nH]1. The molecule has 74 valence electrons. The molecule has 0 bridgehead atoms. The average molecular weight is 356 g/mol. The Hall–Kier alpha value is 0.0800. The molecule has 0 amide bonds. The molecule has 0 radical (unpaired) electrons. The van der Waals surface area contributed by atoms with Crippen LogP contribution in [-0.4, -0.2) is 20.2 Å². The van der Waals surface area contributed by atoms with Gasteiger partial charge in [-0.15, -0.1) is 5.10 Å². The first-order valence-electron chi connectivity index (χ1n) is 3.54. The summed E-state index contributed by atoms with van der Waals surface area (Å²) in [5.74, 6) is 0.808. The highest BCUT2D eigenvalue weighted by molar-refractivity contribution is 9.13. The number of nitrogens with zero attached hydrogens (tertiary/aromatic N) is 3. The summed E-state index contributed by atoms with van der Waals surface area (Å²) in [6, 6.07) is 0. The fraction of sp³-hybridized carbons (Fsp3) is 0.167. The smallest absolute Gasteiger partial charge is 0.215 e. The molecular formula is C6H4Br2N4S2. The second-order valence-corrected chi connectivity index (χ2v) is 6.63. The van der Waals surface area contributed by atoms with Gasteiger partial charge in [-0.25, -0.2) is 9.97 Å². The highest BCUT2D eigenvalue weighted by Crippen LogP contribution is 2.36. The van der Waals surface area contributed by atoms with Gasteiger partial charge in [0, 0.05) is 0 Å². The van der Waals surface area contributed by atoms with E-state index in [1.54, 1.807) is 11.3 Å². The van der Waals surface area contributed by atoms with Crippen LogP contribution in [0.3, 0.4) is 0 Å². The van der Waals surface area contributed by atoms with E-state index in [-0.39, 0.29) is 0 Å². The van der Waals surface area contributed by atoms with Crippen LogP contribution >= 0.6 is 55.0 Å². The summed E-state index contributed by atoms with van der Waals surface area (Å²) in [6.45, 7) is 1.87. The van der Waals surface area contributed by atoms with Gasteiger partial charge in [0.15, 0.2) is 4.34 Å². The maximum absolute atomic E-state index is 4.27. The lowest BCUT2D eigenvalue weighted by Gasteiger charge is -1.86. The number of halogens is 2. The number of aromatic amines is 1. The lowest BCUT2D eigenvalue weighted by molar-refractivity contribution is 0.968. The topological polar surface area (TPSA) is 54.5 Å². The Morgan fingerprint density at radius 3 is 2.64 bits per heavy atom. The quantitative estimate of drug-likeness (QED) is 0.898. The van der Waals surface area contributed by atoms with Crippen LogP contribution < -0.4 is 0 Å². The number of H-pyrrole nitrogens is 1. The van der Waals surface area contributed by atoms with E-state index in [0.29, 0.717) is 5.16 Å². The van der Waals surface area contributed by atoms with E-state index < -0.39 is 0 Å². The van der Waals surface area contributed by atoms with Gasteiger partial charge in [-0.05, 0) is 50.5 Å². The number of hydrogen-bond donors (Lipinski definition) is 1. The third-order valence-corrected chi connectivity index (χ3v) is 5.28. The molecule has 2 heterocycles. The Balaban J connectivity index is 2.18. The summed E-state index contributed by atoms with van der Waals surface area (Å²) in [7, 11) is 0. The maximum Gasteiger partial charge on any atom is 0.215 e. The molecule has 8 heteroatoms. The monoisotopic (exact) mass is 354 g/mol. The molecule has 0 aliphatic rings. The van der Waals surface area contributed by atoms with Crippen molar-refractivity contribution in [2.45, 2.75) is 16.4 Å². The summed E-state index contributed by atoms with van der Waals surface area (Å²) in [5.41, 5.74) is 0. The molecule has 14 heavy (non-hydrogen) atoms. The molecule has 0 unspecified atom stereocenters. The van der Waals surface area contributed by atoms with Crippen molar-refractivity contribution in [3.05, 3.63) is 14.2 Å². The number of aryl methyl sites for hydroxylation is 1. The largest absolute Gasteiger partial charge is 0.262 e. The molecule has 0 saturated heterocycles. The van der Waals surface area contributed by atoms with Gasteiger partial charge < -0.3 is 0 Å². The molecule has 0 fully saturated rings. The fourth-order valence-corrected chi connectivity index (χ4v) is 3.91. The highest BCUT2D eigenvalue weighted by atomic mass is 79.9. The Labute approximate surface area is 105 Å².